The summed E-state index contributed by atoms with van der Waals surface area (Å²) in [7, 11) is 3.78. The molecule has 0 spiro atoms. The fourth-order valence-corrected chi connectivity index (χ4v) is 1.98. The molecule has 0 saturated carbocycles. The topological polar surface area (TPSA) is 37.6 Å². The number of fused-ring (bicyclic) bond motifs is 1. The van der Waals surface area contributed by atoms with Gasteiger partial charge in [-0.1, -0.05) is 19.1 Å². The summed E-state index contributed by atoms with van der Waals surface area (Å²) in [6, 6.07) is 7.99. The van der Waals surface area contributed by atoms with Crippen LogP contribution in [0, 0.1) is 0 Å². The van der Waals surface area contributed by atoms with E-state index < -0.39 is 0 Å². The van der Waals surface area contributed by atoms with Gasteiger partial charge in [-0.15, -0.1) is 0 Å². The van der Waals surface area contributed by atoms with Crippen molar-refractivity contribution in [1.82, 2.24) is 10.2 Å². The summed E-state index contributed by atoms with van der Waals surface area (Å²) in [6.07, 6.45) is 0. The number of rotatable bonds is 7. The van der Waals surface area contributed by atoms with E-state index in [2.05, 4.69) is 30.3 Å². The van der Waals surface area contributed by atoms with Gasteiger partial charge in [0.1, 0.15) is 5.76 Å². The van der Waals surface area contributed by atoms with Gasteiger partial charge in [0.15, 0.2) is 11.3 Å². The highest BCUT2D eigenvalue weighted by Gasteiger charge is 2.07. The first-order valence-electron chi connectivity index (χ1n) is 6.69. The molecule has 4 nitrogen and oxygen atoms in total. The molecule has 1 aromatic heterocycles. The van der Waals surface area contributed by atoms with Gasteiger partial charge in [-0.2, -0.15) is 0 Å². The van der Waals surface area contributed by atoms with E-state index in [0.29, 0.717) is 0 Å². The maximum atomic E-state index is 5.82. The number of ether oxygens (including phenoxy) is 1. The van der Waals surface area contributed by atoms with Gasteiger partial charge in [-0.05, 0) is 25.7 Å². The standard InChI is InChI=1S/C15H22N2O2/c1-4-17(2)9-8-16-11-13-10-12-6-5-7-14(18-3)15(12)19-13/h5-7,10,16H,4,8-9,11H2,1-3H3. The molecule has 1 aromatic carbocycles. The lowest BCUT2D eigenvalue weighted by atomic mass is 10.2. The summed E-state index contributed by atoms with van der Waals surface area (Å²) in [4.78, 5) is 2.27. The Morgan fingerprint density at radius 3 is 2.95 bits per heavy atom. The molecule has 1 N–H and O–H groups in total. The molecule has 1 heterocycles. The van der Waals surface area contributed by atoms with Crippen molar-refractivity contribution < 1.29 is 9.15 Å². The van der Waals surface area contributed by atoms with Gasteiger partial charge in [0.05, 0.1) is 13.7 Å². The number of hydrogen-bond donors (Lipinski definition) is 1. The van der Waals surface area contributed by atoms with Crippen molar-refractivity contribution in [2.24, 2.45) is 0 Å². The predicted octanol–water partition coefficient (Wildman–Crippen LogP) is 2.48. The summed E-state index contributed by atoms with van der Waals surface area (Å²) in [5, 5.41) is 4.47. The number of likely N-dealkylation sites (N-methyl/N-ethyl adjacent to an activating group) is 1. The van der Waals surface area contributed by atoms with E-state index in [4.69, 9.17) is 9.15 Å². The molecule has 0 bridgehead atoms. The Bertz CT molecular complexity index is 522. The van der Waals surface area contributed by atoms with Crippen LogP contribution in [0.4, 0.5) is 0 Å². The van der Waals surface area contributed by atoms with E-state index in [1.54, 1.807) is 7.11 Å². The lowest BCUT2D eigenvalue weighted by molar-refractivity contribution is 0.345. The first-order chi connectivity index (χ1) is 9.24. The number of methoxy groups -OCH3 is 1. The van der Waals surface area contributed by atoms with Crippen LogP contribution in [-0.2, 0) is 6.54 Å². The van der Waals surface area contributed by atoms with Crippen molar-refractivity contribution in [3.63, 3.8) is 0 Å². The molecule has 4 heteroatoms. The van der Waals surface area contributed by atoms with Crippen LogP contribution < -0.4 is 10.1 Å². The van der Waals surface area contributed by atoms with Crippen LogP contribution in [0.5, 0.6) is 5.75 Å². The molecule has 0 aliphatic carbocycles. The van der Waals surface area contributed by atoms with E-state index in [1.807, 2.05) is 18.2 Å². The number of nitrogens with zero attached hydrogens (tertiary/aromatic N) is 1. The predicted molar refractivity (Wildman–Crippen MR) is 77.6 cm³/mol. The molecular formula is C15H22N2O2. The average Bonchev–Trinajstić information content (AvgIpc) is 2.85. The Balaban J connectivity index is 1.94. The first kappa shape index (κ1) is 13.9. The third-order valence-electron chi connectivity index (χ3n) is 3.29. The molecule has 0 aliphatic heterocycles. The van der Waals surface area contributed by atoms with Crippen molar-refractivity contribution in [2.75, 3.05) is 33.8 Å². The minimum atomic E-state index is 0.745. The van der Waals surface area contributed by atoms with E-state index in [9.17, 15) is 0 Å². The number of nitrogens with one attached hydrogen (secondary N) is 1. The van der Waals surface area contributed by atoms with Crippen molar-refractivity contribution in [2.45, 2.75) is 13.5 Å². The Kier molecular flexibility index (Phi) is 4.82. The Labute approximate surface area is 114 Å². The van der Waals surface area contributed by atoms with Gasteiger partial charge in [0.25, 0.3) is 0 Å². The van der Waals surface area contributed by atoms with Gasteiger partial charge < -0.3 is 19.4 Å². The number of benzene rings is 1. The Morgan fingerprint density at radius 2 is 2.21 bits per heavy atom. The molecule has 2 rings (SSSR count). The van der Waals surface area contributed by atoms with Crippen LogP contribution in [0.3, 0.4) is 0 Å². The van der Waals surface area contributed by atoms with E-state index in [1.165, 1.54) is 0 Å². The van der Waals surface area contributed by atoms with Crippen molar-refractivity contribution in [3.8, 4) is 5.75 Å². The second kappa shape index (κ2) is 6.59. The van der Waals surface area contributed by atoms with E-state index in [-0.39, 0.29) is 0 Å². The lowest BCUT2D eigenvalue weighted by Crippen LogP contribution is -2.28. The van der Waals surface area contributed by atoms with Gasteiger partial charge in [0, 0.05) is 18.5 Å². The third-order valence-corrected chi connectivity index (χ3v) is 3.29. The molecule has 0 saturated heterocycles. The van der Waals surface area contributed by atoms with Crippen molar-refractivity contribution in [1.29, 1.82) is 0 Å². The van der Waals surface area contributed by atoms with Crippen LogP contribution in [-0.4, -0.2) is 38.7 Å². The number of furan rings is 1. The largest absolute Gasteiger partial charge is 0.493 e. The summed E-state index contributed by atoms with van der Waals surface area (Å²) >= 11 is 0. The zero-order valence-corrected chi connectivity index (χ0v) is 11.9. The quantitative estimate of drug-likeness (QED) is 0.778. The summed E-state index contributed by atoms with van der Waals surface area (Å²) < 4.78 is 11.1. The summed E-state index contributed by atoms with van der Waals surface area (Å²) in [5.74, 6) is 1.73. The minimum Gasteiger partial charge on any atom is -0.493 e. The Morgan fingerprint density at radius 1 is 1.37 bits per heavy atom. The summed E-state index contributed by atoms with van der Waals surface area (Å²) in [5.41, 5.74) is 0.826. The zero-order chi connectivity index (χ0) is 13.7. The van der Waals surface area contributed by atoms with Crippen molar-refractivity contribution >= 4 is 11.0 Å². The molecule has 0 atom stereocenters. The van der Waals surface area contributed by atoms with E-state index >= 15 is 0 Å². The van der Waals surface area contributed by atoms with Crippen LogP contribution in [0.2, 0.25) is 0 Å². The summed E-state index contributed by atoms with van der Waals surface area (Å²) in [6.45, 7) is 5.98. The number of hydrogen-bond acceptors (Lipinski definition) is 4. The fraction of sp³-hybridized carbons (Fsp3) is 0.467. The highest BCUT2D eigenvalue weighted by Crippen LogP contribution is 2.28. The number of para-hydroxylation sites is 1. The van der Waals surface area contributed by atoms with Gasteiger partial charge in [-0.3, -0.25) is 0 Å². The smallest absolute Gasteiger partial charge is 0.176 e. The van der Waals surface area contributed by atoms with Gasteiger partial charge >= 0.3 is 0 Å². The molecule has 104 valence electrons. The molecule has 0 aliphatic rings. The second-order valence-corrected chi connectivity index (χ2v) is 4.66. The normalized spacial score (nSPS) is 11.4. The highest BCUT2D eigenvalue weighted by molar-refractivity contribution is 5.83. The van der Waals surface area contributed by atoms with Crippen LogP contribution >= 0.6 is 0 Å². The zero-order valence-electron chi connectivity index (χ0n) is 11.9. The molecule has 0 fully saturated rings. The van der Waals surface area contributed by atoms with Crippen LogP contribution in [0.15, 0.2) is 28.7 Å². The maximum absolute atomic E-state index is 5.82. The molecular weight excluding hydrogens is 240 g/mol. The minimum absolute atomic E-state index is 0.745. The molecule has 2 aromatic rings. The SMILES string of the molecule is CCN(C)CCNCc1cc2cccc(OC)c2o1. The molecule has 0 amide bonds. The van der Waals surface area contributed by atoms with Crippen LogP contribution in [0.25, 0.3) is 11.0 Å². The first-order valence-corrected chi connectivity index (χ1v) is 6.69. The average molecular weight is 262 g/mol. The third kappa shape index (κ3) is 3.49. The Hall–Kier alpha value is -1.52. The second-order valence-electron chi connectivity index (χ2n) is 4.66. The lowest BCUT2D eigenvalue weighted by Gasteiger charge is -2.13. The molecule has 19 heavy (non-hydrogen) atoms. The van der Waals surface area contributed by atoms with Crippen LogP contribution in [0.1, 0.15) is 12.7 Å². The van der Waals surface area contributed by atoms with Gasteiger partial charge in [-0.25, -0.2) is 0 Å². The maximum Gasteiger partial charge on any atom is 0.176 e. The monoisotopic (exact) mass is 262 g/mol. The molecule has 0 radical (unpaired) electrons. The fourth-order valence-electron chi connectivity index (χ4n) is 1.98. The van der Waals surface area contributed by atoms with Crippen molar-refractivity contribution in [3.05, 3.63) is 30.0 Å². The van der Waals surface area contributed by atoms with Gasteiger partial charge in [0.2, 0.25) is 0 Å². The molecule has 0 unspecified atom stereocenters. The highest BCUT2D eigenvalue weighted by atomic mass is 16.5. The van der Waals surface area contributed by atoms with E-state index in [0.717, 1.165) is 48.7 Å².